The molecule has 0 rings (SSSR count). The number of halogens is 1. The van der Waals surface area contributed by atoms with Crippen molar-refractivity contribution in [3.8, 4) is 0 Å². The van der Waals surface area contributed by atoms with Gasteiger partial charge in [0.1, 0.15) is 0 Å². The van der Waals surface area contributed by atoms with Crippen LogP contribution >= 0.6 is 30.1 Å². The molecule has 32 valence electrons. The molecule has 0 aromatic rings. The second-order valence-corrected chi connectivity index (χ2v) is 3.03. The lowest BCUT2D eigenvalue weighted by molar-refractivity contribution is 0.323. The molecule has 1 N–H and O–H groups in total. The molecule has 0 atom stereocenters. The van der Waals surface area contributed by atoms with Gasteiger partial charge < -0.3 is 5.11 Å². The molecule has 0 spiro atoms. The molecule has 0 bridgehead atoms. The predicted octanol–water partition coefficient (Wildman–Crippen LogP) is 1.06. The third-order valence-corrected chi connectivity index (χ3v) is 1.83. The van der Waals surface area contributed by atoms with Crippen molar-refractivity contribution in [2.24, 2.45) is 0 Å². The van der Waals surface area contributed by atoms with Crippen LogP contribution in [0.25, 0.3) is 0 Å². The average molecular weight is 204 g/mol. The lowest BCUT2D eigenvalue weighted by Crippen LogP contribution is -1.78. The Morgan fingerprint density at radius 2 is 2.40 bits per heavy atom. The van der Waals surface area contributed by atoms with Gasteiger partial charge in [0, 0.05) is 5.75 Å². The molecule has 0 saturated carbocycles. The van der Waals surface area contributed by atoms with Crippen molar-refractivity contribution in [1.82, 2.24) is 0 Å². The van der Waals surface area contributed by atoms with E-state index in [9.17, 15) is 0 Å². The first-order valence-electron chi connectivity index (χ1n) is 1.26. The average Bonchev–Trinajstić information content (AvgIpc) is 1.41. The monoisotopic (exact) mass is 204 g/mol. The van der Waals surface area contributed by atoms with Crippen LogP contribution in [0, 0.1) is 0 Å². The maximum atomic E-state index is 8.04. The molecule has 0 radical (unpaired) electrons. The van der Waals surface area contributed by atoms with Gasteiger partial charge in [0.15, 0.2) is 0 Å². The van der Waals surface area contributed by atoms with Crippen LogP contribution in [0.4, 0.5) is 0 Å². The van der Waals surface area contributed by atoms with Crippen molar-refractivity contribution in [3.63, 3.8) is 0 Å². The molecule has 0 heterocycles. The summed E-state index contributed by atoms with van der Waals surface area (Å²) in [7, 11) is 1.62. The largest absolute Gasteiger partial charge is 0.395 e. The van der Waals surface area contributed by atoms with Crippen LogP contribution in [0.5, 0.6) is 0 Å². The molecule has 5 heavy (non-hydrogen) atoms. The quantitative estimate of drug-likeness (QED) is 0.678. The summed E-state index contributed by atoms with van der Waals surface area (Å²) >= 11 is 2.14. The van der Waals surface area contributed by atoms with Gasteiger partial charge in [-0.3, -0.25) is 0 Å². The maximum absolute atomic E-state index is 8.04. The van der Waals surface area contributed by atoms with Crippen LogP contribution in [-0.4, -0.2) is 17.5 Å². The van der Waals surface area contributed by atoms with Gasteiger partial charge in [0.2, 0.25) is 0 Å². The van der Waals surface area contributed by atoms with Gasteiger partial charge in [0.05, 0.1) is 6.61 Å². The fourth-order valence-corrected chi connectivity index (χ4v) is 0.694. The topological polar surface area (TPSA) is 20.2 Å². The molecular weight excluding hydrogens is 199 g/mol. The van der Waals surface area contributed by atoms with E-state index in [2.05, 4.69) is 21.2 Å². The molecule has 1 nitrogen and oxygen atoms in total. The van der Waals surface area contributed by atoms with Crippen LogP contribution in [0.15, 0.2) is 0 Å². The standard InChI is InChI=1S/C2H5IOS/c3-5-2-1-4/h4H,1-2H2. The Labute approximate surface area is 47.7 Å². The summed E-state index contributed by atoms with van der Waals surface area (Å²) in [6.45, 7) is 0.299. The van der Waals surface area contributed by atoms with E-state index in [1.54, 1.807) is 8.93 Å². The number of hydrogen-bond donors (Lipinski definition) is 1. The van der Waals surface area contributed by atoms with E-state index in [0.29, 0.717) is 6.61 Å². The SMILES string of the molecule is OCCSI. The molecule has 0 saturated heterocycles. The molecule has 0 amide bonds. The number of aliphatic hydroxyl groups is 1. The maximum Gasteiger partial charge on any atom is 0.0529 e. The molecule has 0 aliphatic rings. The summed E-state index contributed by atoms with van der Waals surface area (Å²) in [5.41, 5.74) is 0. The van der Waals surface area contributed by atoms with E-state index in [4.69, 9.17) is 5.11 Å². The van der Waals surface area contributed by atoms with E-state index in [-0.39, 0.29) is 0 Å². The second kappa shape index (κ2) is 5.04. The fraction of sp³-hybridized carbons (Fsp3) is 1.00. The molecule has 0 aliphatic heterocycles. The third-order valence-electron chi connectivity index (χ3n) is 0.168. The van der Waals surface area contributed by atoms with E-state index in [0.717, 1.165) is 5.75 Å². The van der Waals surface area contributed by atoms with E-state index in [1.807, 2.05) is 0 Å². The van der Waals surface area contributed by atoms with E-state index >= 15 is 0 Å². The smallest absolute Gasteiger partial charge is 0.0529 e. The highest BCUT2D eigenvalue weighted by Crippen LogP contribution is 2.07. The lowest BCUT2D eigenvalue weighted by atomic mass is 10.9. The zero-order chi connectivity index (χ0) is 4.12. The lowest BCUT2D eigenvalue weighted by Gasteiger charge is -1.77. The van der Waals surface area contributed by atoms with E-state index in [1.165, 1.54) is 0 Å². The minimum atomic E-state index is 0.299. The van der Waals surface area contributed by atoms with Crippen molar-refractivity contribution in [1.29, 1.82) is 0 Å². The first-order chi connectivity index (χ1) is 2.41. The number of aliphatic hydroxyl groups excluding tert-OH is 1. The van der Waals surface area contributed by atoms with Crippen LogP contribution in [0.3, 0.4) is 0 Å². The molecular formula is C2H5IOS. The number of rotatable bonds is 2. The molecule has 0 fully saturated rings. The summed E-state index contributed by atoms with van der Waals surface area (Å²) in [6, 6.07) is 0. The van der Waals surface area contributed by atoms with Crippen molar-refractivity contribution in [3.05, 3.63) is 0 Å². The van der Waals surface area contributed by atoms with Crippen LogP contribution in [-0.2, 0) is 0 Å². The molecule has 0 aliphatic carbocycles. The van der Waals surface area contributed by atoms with Gasteiger partial charge in [-0.05, 0) is 21.2 Å². The summed E-state index contributed by atoms with van der Waals surface area (Å²) in [4.78, 5) is 0. The Balaban J connectivity index is 2.19. The normalized spacial score (nSPS) is 8.40. The molecule has 0 aromatic carbocycles. The van der Waals surface area contributed by atoms with Crippen LogP contribution in [0.2, 0.25) is 0 Å². The van der Waals surface area contributed by atoms with Crippen LogP contribution in [0.1, 0.15) is 0 Å². The fourth-order valence-electron chi connectivity index (χ4n) is 0.0345. The first-order valence-corrected chi connectivity index (χ1v) is 4.79. The summed E-state index contributed by atoms with van der Waals surface area (Å²) in [5.74, 6) is 0.848. The predicted molar refractivity (Wildman–Crippen MR) is 33.6 cm³/mol. The first kappa shape index (κ1) is 6.04. The summed E-state index contributed by atoms with van der Waals surface area (Å²) < 4.78 is 0. The Morgan fingerprint density at radius 3 is 2.40 bits per heavy atom. The highest BCUT2D eigenvalue weighted by molar-refractivity contribution is 14.2. The minimum absolute atomic E-state index is 0.299. The van der Waals surface area contributed by atoms with Crippen molar-refractivity contribution >= 4 is 30.1 Å². The van der Waals surface area contributed by atoms with Gasteiger partial charge in [-0.15, -0.1) is 0 Å². The van der Waals surface area contributed by atoms with Gasteiger partial charge in [-0.2, -0.15) is 0 Å². The molecule has 3 heteroatoms. The molecule has 0 aromatic heterocycles. The van der Waals surface area contributed by atoms with Crippen molar-refractivity contribution < 1.29 is 5.11 Å². The van der Waals surface area contributed by atoms with Crippen molar-refractivity contribution in [2.45, 2.75) is 0 Å². The third kappa shape index (κ3) is 5.04. The van der Waals surface area contributed by atoms with Gasteiger partial charge in [-0.1, -0.05) is 8.93 Å². The highest BCUT2D eigenvalue weighted by Gasteiger charge is 1.71. The summed E-state index contributed by atoms with van der Waals surface area (Å²) in [5, 5.41) is 8.04. The van der Waals surface area contributed by atoms with Gasteiger partial charge in [-0.25, -0.2) is 0 Å². The van der Waals surface area contributed by atoms with Gasteiger partial charge in [0.25, 0.3) is 0 Å². The zero-order valence-corrected chi connectivity index (χ0v) is 5.62. The van der Waals surface area contributed by atoms with E-state index < -0.39 is 0 Å². The van der Waals surface area contributed by atoms with Crippen molar-refractivity contribution in [2.75, 3.05) is 12.4 Å². The van der Waals surface area contributed by atoms with Crippen LogP contribution < -0.4 is 0 Å². The van der Waals surface area contributed by atoms with Gasteiger partial charge >= 0.3 is 0 Å². The Kier molecular flexibility index (Phi) is 6.09. The highest BCUT2D eigenvalue weighted by atomic mass is 127. The minimum Gasteiger partial charge on any atom is -0.395 e. The molecule has 0 unspecified atom stereocenters. The second-order valence-electron chi connectivity index (χ2n) is 0.537. The zero-order valence-electron chi connectivity index (χ0n) is 2.65. The Bertz CT molecular complexity index is 17.1. The summed E-state index contributed by atoms with van der Waals surface area (Å²) in [6.07, 6.45) is 0. The Hall–Kier alpha value is 1.04. The Morgan fingerprint density at radius 1 is 1.80 bits per heavy atom. The number of hydrogen-bond acceptors (Lipinski definition) is 2.